The Morgan fingerprint density at radius 3 is 2.50 bits per heavy atom. The Bertz CT molecular complexity index is 506. The van der Waals surface area contributed by atoms with Gasteiger partial charge in [-0.3, -0.25) is 4.31 Å². The average Bonchev–Trinajstić information content (AvgIpc) is 2.45. The van der Waals surface area contributed by atoms with Gasteiger partial charge in [0.1, 0.15) is 0 Å². The van der Waals surface area contributed by atoms with Crippen LogP contribution >= 0.6 is 0 Å². The molecule has 1 rings (SSSR count). The summed E-state index contributed by atoms with van der Waals surface area (Å²) in [5.41, 5.74) is 0.675. The Labute approximate surface area is 121 Å². The first kappa shape index (κ1) is 16.5. The number of thiol groups is 1. The Morgan fingerprint density at radius 2 is 1.90 bits per heavy atom. The van der Waals surface area contributed by atoms with E-state index in [4.69, 9.17) is 4.74 Å². The summed E-state index contributed by atoms with van der Waals surface area (Å²) in [7, 11) is -2.78. The zero-order valence-corrected chi connectivity index (χ0v) is 12.8. The molecular formula is C14H21NO4S. The van der Waals surface area contributed by atoms with Gasteiger partial charge in [-0.05, 0) is 25.0 Å². The van der Waals surface area contributed by atoms with Crippen LogP contribution in [-0.4, -0.2) is 27.5 Å². The van der Waals surface area contributed by atoms with Gasteiger partial charge in [0.15, 0.2) is 0 Å². The molecule has 5 nitrogen and oxygen atoms in total. The quantitative estimate of drug-likeness (QED) is 0.591. The highest BCUT2D eigenvalue weighted by atomic mass is 32.2. The normalized spacial score (nSPS) is 10.6. The van der Waals surface area contributed by atoms with Crippen LogP contribution in [0.25, 0.3) is 0 Å². The number of rotatable bonds is 8. The van der Waals surface area contributed by atoms with Gasteiger partial charge in [0, 0.05) is 6.54 Å². The van der Waals surface area contributed by atoms with Crippen LogP contribution in [0.5, 0.6) is 0 Å². The predicted octanol–water partition coefficient (Wildman–Crippen LogP) is 2.39. The zero-order chi connectivity index (χ0) is 15.0. The molecule has 0 unspecified atom stereocenters. The van der Waals surface area contributed by atoms with Gasteiger partial charge in [0.05, 0.1) is 17.9 Å². The number of unbranched alkanes of at least 4 members (excludes halogenated alkanes) is 1. The maximum atomic E-state index is 12.0. The van der Waals surface area contributed by atoms with Gasteiger partial charge < -0.3 is 4.74 Å². The molecule has 0 heterocycles. The molecular weight excluding hydrogens is 278 g/mol. The van der Waals surface area contributed by atoms with E-state index < -0.39 is 16.9 Å². The van der Waals surface area contributed by atoms with Crippen LogP contribution in [0.4, 0.5) is 5.69 Å². The maximum Gasteiger partial charge on any atom is 0.340 e. The smallest absolute Gasteiger partial charge is 0.340 e. The van der Waals surface area contributed by atoms with Crippen LogP contribution in [0.2, 0.25) is 0 Å². The van der Waals surface area contributed by atoms with Gasteiger partial charge >= 0.3 is 5.97 Å². The SMILES string of the molecule is CCCCN(c1ccccc1C(=O)OCCC)[SH](=O)=O. The van der Waals surface area contributed by atoms with Crippen molar-refractivity contribution in [3.63, 3.8) is 0 Å². The van der Waals surface area contributed by atoms with Crippen LogP contribution in [0.3, 0.4) is 0 Å². The Balaban J connectivity index is 3.05. The number of carbonyl (C=O) groups excluding carboxylic acids is 1. The molecule has 0 aromatic heterocycles. The van der Waals surface area contributed by atoms with E-state index in [9.17, 15) is 13.2 Å². The van der Waals surface area contributed by atoms with E-state index >= 15 is 0 Å². The summed E-state index contributed by atoms with van der Waals surface area (Å²) in [6.45, 7) is 4.58. The van der Waals surface area contributed by atoms with E-state index in [1.165, 1.54) is 4.31 Å². The molecule has 0 bridgehead atoms. The lowest BCUT2D eigenvalue weighted by Crippen LogP contribution is -2.25. The molecule has 0 saturated heterocycles. The third kappa shape index (κ3) is 4.52. The van der Waals surface area contributed by atoms with Crippen molar-refractivity contribution in [3.05, 3.63) is 29.8 Å². The summed E-state index contributed by atoms with van der Waals surface area (Å²) < 4.78 is 29.1. The second-order valence-corrected chi connectivity index (χ2v) is 5.33. The Hall–Kier alpha value is -1.56. The highest BCUT2D eigenvalue weighted by Gasteiger charge is 2.18. The molecule has 0 aliphatic heterocycles. The summed E-state index contributed by atoms with van der Waals surface area (Å²) in [5.74, 6) is -0.485. The summed E-state index contributed by atoms with van der Waals surface area (Å²) in [6, 6.07) is 6.63. The van der Waals surface area contributed by atoms with Gasteiger partial charge in [-0.2, -0.15) is 0 Å². The number of para-hydroxylation sites is 1. The Morgan fingerprint density at radius 1 is 1.20 bits per heavy atom. The number of esters is 1. The number of carbonyl (C=O) groups is 1. The number of hydrogen-bond donors (Lipinski definition) is 1. The zero-order valence-electron chi connectivity index (χ0n) is 11.9. The van der Waals surface area contributed by atoms with E-state index in [0.29, 0.717) is 18.8 Å². The summed E-state index contributed by atoms with van der Waals surface area (Å²) >= 11 is 0. The number of hydrogen-bond acceptors (Lipinski definition) is 4. The molecule has 1 aromatic rings. The minimum absolute atomic E-state index is 0.288. The average molecular weight is 299 g/mol. The van der Waals surface area contributed by atoms with Crippen molar-refractivity contribution in [2.45, 2.75) is 33.1 Å². The molecule has 0 saturated carbocycles. The first-order valence-electron chi connectivity index (χ1n) is 6.79. The van der Waals surface area contributed by atoms with Crippen LogP contribution in [0.15, 0.2) is 24.3 Å². The van der Waals surface area contributed by atoms with E-state index in [0.717, 1.165) is 19.3 Å². The Kier molecular flexibility index (Phi) is 7.08. The molecule has 6 heteroatoms. The molecule has 0 aliphatic carbocycles. The van der Waals surface area contributed by atoms with Crippen molar-refractivity contribution in [1.29, 1.82) is 0 Å². The number of benzene rings is 1. The van der Waals surface area contributed by atoms with Gasteiger partial charge in [-0.25, -0.2) is 13.2 Å². The summed E-state index contributed by atoms with van der Waals surface area (Å²) in [5, 5.41) is 0. The highest BCUT2D eigenvalue weighted by molar-refractivity contribution is 7.74. The van der Waals surface area contributed by atoms with E-state index in [2.05, 4.69) is 0 Å². The largest absolute Gasteiger partial charge is 0.462 e. The van der Waals surface area contributed by atoms with Gasteiger partial charge in [-0.1, -0.05) is 32.4 Å². The van der Waals surface area contributed by atoms with E-state index in [1.54, 1.807) is 24.3 Å². The number of nitrogens with zero attached hydrogens (tertiary/aromatic N) is 1. The van der Waals surface area contributed by atoms with Gasteiger partial charge in [-0.15, -0.1) is 0 Å². The van der Waals surface area contributed by atoms with Crippen LogP contribution in [-0.2, 0) is 15.6 Å². The first-order chi connectivity index (χ1) is 9.61. The van der Waals surface area contributed by atoms with Crippen LogP contribution in [0, 0.1) is 0 Å². The maximum absolute atomic E-state index is 12.0. The monoisotopic (exact) mass is 299 g/mol. The van der Waals surface area contributed by atoms with E-state index in [-0.39, 0.29) is 5.56 Å². The lowest BCUT2D eigenvalue weighted by Gasteiger charge is -2.20. The van der Waals surface area contributed by atoms with Crippen LogP contribution in [0.1, 0.15) is 43.5 Å². The summed E-state index contributed by atoms with van der Waals surface area (Å²) in [6.07, 6.45) is 2.34. The molecule has 20 heavy (non-hydrogen) atoms. The standard InChI is InChI=1S/C14H21NO4S/c1-3-5-10-15(20(17)18)13-9-7-6-8-12(13)14(16)19-11-4-2/h6-9,20H,3-5,10-11H2,1-2H3. The lowest BCUT2D eigenvalue weighted by molar-refractivity contribution is 0.0506. The fourth-order valence-electron chi connectivity index (χ4n) is 1.74. The third-order valence-electron chi connectivity index (χ3n) is 2.76. The lowest BCUT2D eigenvalue weighted by atomic mass is 10.1. The molecule has 0 atom stereocenters. The number of anilines is 1. The van der Waals surface area contributed by atoms with Gasteiger partial charge in [0.25, 0.3) is 0 Å². The molecule has 112 valence electrons. The van der Waals surface area contributed by atoms with Crippen molar-refractivity contribution in [2.24, 2.45) is 0 Å². The fourth-order valence-corrected chi connectivity index (χ4v) is 2.40. The topological polar surface area (TPSA) is 63.7 Å². The molecule has 0 aliphatic rings. The van der Waals surface area contributed by atoms with Crippen molar-refractivity contribution >= 4 is 22.5 Å². The van der Waals surface area contributed by atoms with Crippen molar-refractivity contribution in [3.8, 4) is 0 Å². The minimum atomic E-state index is -2.78. The van der Waals surface area contributed by atoms with Crippen molar-refractivity contribution in [2.75, 3.05) is 17.5 Å². The van der Waals surface area contributed by atoms with Crippen LogP contribution < -0.4 is 4.31 Å². The number of ether oxygens (including phenoxy) is 1. The predicted molar refractivity (Wildman–Crippen MR) is 79.6 cm³/mol. The molecule has 0 N–H and O–H groups in total. The van der Waals surface area contributed by atoms with Crippen molar-refractivity contribution < 1.29 is 17.9 Å². The fraction of sp³-hybridized carbons (Fsp3) is 0.500. The van der Waals surface area contributed by atoms with E-state index in [1.807, 2.05) is 13.8 Å². The first-order valence-corrected chi connectivity index (χ1v) is 7.92. The molecule has 0 fully saturated rings. The second kappa shape index (κ2) is 8.58. The third-order valence-corrected chi connectivity index (χ3v) is 3.57. The molecule has 0 radical (unpaired) electrons. The molecule has 0 spiro atoms. The second-order valence-electron chi connectivity index (χ2n) is 4.37. The minimum Gasteiger partial charge on any atom is -0.462 e. The molecule has 1 aromatic carbocycles. The summed E-state index contributed by atoms with van der Waals surface area (Å²) in [4.78, 5) is 12.0. The molecule has 0 amide bonds. The van der Waals surface area contributed by atoms with Crippen molar-refractivity contribution in [1.82, 2.24) is 0 Å². The highest BCUT2D eigenvalue weighted by Crippen LogP contribution is 2.22. The van der Waals surface area contributed by atoms with Gasteiger partial charge in [0.2, 0.25) is 10.9 Å².